The summed E-state index contributed by atoms with van der Waals surface area (Å²) in [4.78, 5) is 14.3. The minimum absolute atomic E-state index is 0.109. The molecule has 0 saturated carbocycles. The van der Waals surface area contributed by atoms with Crippen molar-refractivity contribution in [2.24, 2.45) is 11.8 Å². The van der Waals surface area contributed by atoms with E-state index in [2.05, 4.69) is 31.1 Å². The van der Waals surface area contributed by atoms with E-state index in [-0.39, 0.29) is 11.8 Å². The van der Waals surface area contributed by atoms with E-state index in [0.29, 0.717) is 12.5 Å². The molecule has 0 aromatic carbocycles. The second-order valence-corrected chi connectivity index (χ2v) is 6.72. The molecule has 1 unspecified atom stereocenters. The summed E-state index contributed by atoms with van der Waals surface area (Å²) in [5.41, 5.74) is -0.786. The lowest BCUT2D eigenvalue weighted by Gasteiger charge is -2.30. The fraction of sp³-hybridized carbons (Fsp3) is 0.933. The van der Waals surface area contributed by atoms with Gasteiger partial charge in [-0.05, 0) is 58.7 Å². The summed E-state index contributed by atoms with van der Waals surface area (Å²) in [5, 5.41) is 13.2. The molecule has 1 rings (SSSR count). The highest BCUT2D eigenvalue weighted by Gasteiger charge is 2.26. The van der Waals surface area contributed by atoms with Gasteiger partial charge < -0.3 is 15.3 Å². The molecule has 0 spiro atoms. The molecule has 1 saturated heterocycles. The molecule has 0 bridgehead atoms. The van der Waals surface area contributed by atoms with Crippen LogP contribution in [0.3, 0.4) is 0 Å². The van der Waals surface area contributed by atoms with Crippen molar-refractivity contribution in [2.45, 2.75) is 52.1 Å². The zero-order valence-electron chi connectivity index (χ0n) is 12.9. The van der Waals surface area contributed by atoms with E-state index in [0.717, 1.165) is 38.8 Å². The third-order valence-corrected chi connectivity index (χ3v) is 3.99. The van der Waals surface area contributed by atoms with Gasteiger partial charge in [-0.2, -0.15) is 0 Å². The molecule has 1 atom stereocenters. The van der Waals surface area contributed by atoms with E-state index >= 15 is 0 Å². The van der Waals surface area contributed by atoms with Gasteiger partial charge in [0.25, 0.3) is 0 Å². The first-order valence-corrected chi connectivity index (χ1v) is 7.49. The molecule has 1 aliphatic rings. The first-order chi connectivity index (χ1) is 8.80. The predicted octanol–water partition coefficient (Wildman–Crippen LogP) is 1.63. The summed E-state index contributed by atoms with van der Waals surface area (Å²) in [5.74, 6) is 0.811. The first-order valence-electron chi connectivity index (χ1n) is 7.49. The number of carbonyl (C=O) groups is 1. The molecular formula is C15H30N2O2. The number of hydrogen-bond acceptors (Lipinski definition) is 3. The highest BCUT2D eigenvalue weighted by molar-refractivity contribution is 5.78. The van der Waals surface area contributed by atoms with Crippen LogP contribution < -0.4 is 5.32 Å². The van der Waals surface area contributed by atoms with Crippen LogP contribution in [0.1, 0.15) is 46.5 Å². The van der Waals surface area contributed by atoms with Crippen molar-refractivity contribution < 1.29 is 9.90 Å². The van der Waals surface area contributed by atoms with Gasteiger partial charge in [0.2, 0.25) is 5.91 Å². The summed E-state index contributed by atoms with van der Waals surface area (Å²) in [7, 11) is 2.09. The second-order valence-electron chi connectivity index (χ2n) is 6.72. The van der Waals surface area contributed by atoms with Crippen LogP contribution in [0.15, 0.2) is 0 Å². The summed E-state index contributed by atoms with van der Waals surface area (Å²) >= 11 is 0. The summed E-state index contributed by atoms with van der Waals surface area (Å²) in [6.45, 7) is 8.44. The molecule has 0 aliphatic carbocycles. The lowest BCUT2D eigenvalue weighted by Crippen LogP contribution is -2.45. The van der Waals surface area contributed by atoms with Crippen LogP contribution in [0.2, 0.25) is 0 Å². The Labute approximate surface area is 117 Å². The van der Waals surface area contributed by atoms with Crippen molar-refractivity contribution in [3.05, 3.63) is 0 Å². The number of nitrogens with zero attached hydrogens (tertiary/aromatic N) is 1. The van der Waals surface area contributed by atoms with Crippen molar-refractivity contribution in [3.8, 4) is 0 Å². The maximum absolute atomic E-state index is 12.0. The lowest BCUT2D eigenvalue weighted by atomic mass is 9.93. The van der Waals surface area contributed by atoms with Crippen LogP contribution in [0, 0.1) is 11.8 Å². The van der Waals surface area contributed by atoms with Crippen LogP contribution in [0.4, 0.5) is 0 Å². The summed E-state index contributed by atoms with van der Waals surface area (Å²) in [6, 6.07) is 0. The van der Waals surface area contributed by atoms with Crippen LogP contribution in [0.25, 0.3) is 0 Å². The third-order valence-electron chi connectivity index (χ3n) is 3.99. The quantitative estimate of drug-likeness (QED) is 0.771. The maximum Gasteiger partial charge on any atom is 0.223 e. The van der Waals surface area contributed by atoms with Crippen molar-refractivity contribution in [1.29, 1.82) is 0 Å². The Morgan fingerprint density at radius 2 is 2.00 bits per heavy atom. The molecule has 4 heteroatoms. The van der Waals surface area contributed by atoms with Crippen LogP contribution in [0.5, 0.6) is 0 Å². The van der Waals surface area contributed by atoms with E-state index in [9.17, 15) is 9.90 Å². The van der Waals surface area contributed by atoms with Gasteiger partial charge in [0, 0.05) is 12.5 Å². The van der Waals surface area contributed by atoms with Crippen molar-refractivity contribution in [1.82, 2.24) is 10.2 Å². The van der Waals surface area contributed by atoms with E-state index in [1.54, 1.807) is 0 Å². The lowest BCUT2D eigenvalue weighted by molar-refractivity contribution is -0.127. The SMILES string of the molecule is CC(C)CCC(C)(O)CNC(=O)C1CCN(C)CC1. The summed E-state index contributed by atoms with van der Waals surface area (Å²) in [6.07, 6.45) is 3.57. The highest BCUT2D eigenvalue weighted by atomic mass is 16.3. The minimum atomic E-state index is -0.786. The number of piperidine rings is 1. The van der Waals surface area contributed by atoms with Crippen molar-refractivity contribution >= 4 is 5.91 Å². The van der Waals surface area contributed by atoms with Crippen LogP contribution in [-0.2, 0) is 4.79 Å². The normalized spacial score (nSPS) is 21.4. The zero-order valence-corrected chi connectivity index (χ0v) is 12.9. The van der Waals surface area contributed by atoms with Gasteiger partial charge in [-0.15, -0.1) is 0 Å². The van der Waals surface area contributed by atoms with E-state index < -0.39 is 5.60 Å². The van der Waals surface area contributed by atoms with Gasteiger partial charge in [0.1, 0.15) is 0 Å². The molecule has 0 aromatic heterocycles. The molecule has 112 valence electrons. The Kier molecular flexibility index (Phi) is 6.27. The van der Waals surface area contributed by atoms with Gasteiger partial charge in [-0.1, -0.05) is 13.8 Å². The highest BCUT2D eigenvalue weighted by Crippen LogP contribution is 2.18. The molecular weight excluding hydrogens is 240 g/mol. The average molecular weight is 270 g/mol. The molecule has 4 nitrogen and oxygen atoms in total. The topological polar surface area (TPSA) is 52.6 Å². The standard InChI is InChI=1S/C15H30N2O2/c1-12(2)5-8-15(3,19)11-16-14(18)13-6-9-17(4)10-7-13/h12-13,19H,5-11H2,1-4H3,(H,16,18). The van der Waals surface area contributed by atoms with Gasteiger partial charge in [0.15, 0.2) is 0 Å². The minimum Gasteiger partial charge on any atom is -0.388 e. The van der Waals surface area contributed by atoms with E-state index in [1.165, 1.54) is 0 Å². The molecule has 2 N–H and O–H groups in total. The number of aliphatic hydroxyl groups is 1. The first kappa shape index (κ1) is 16.4. The van der Waals surface area contributed by atoms with E-state index in [4.69, 9.17) is 0 Å². The fourth-order valence-corrected chi connectivity index (χ4v) is 2.38. The Bertz CT molecular complexity index is 282. The van der Waals surface area contributed by atoms with Crippen molar-refractivity contribution in [3.63, 3.8) is 0 Å². The summed E-state index contributed by atoms with van der Waals surface area (Å²) < 4.78 is 0. The molecule has 0 radical (unpaired) electrons. The van der Waals surface area contributed by atoms with Gasteiger partial charge in [-0.25, -0.2) is 0 Å². The number of likely N-dealkylation sites (tertiary alicyclic amines) is 1. The predicted molar refractivity (Wildman–Crippen MR) is 77.9 cm³/mol. The van der Waals surface area contributed by atoms with Gasteiger partial charge in [-0.3, -0.25) is 4.79 Å². The molecule has 19 heavy (non-hydrogen) atoms. The molecule has 1 amide bonds. The second kappa shape index (κ2) is 7.25. The molecule has 1 aliphatic heterocycles. The monoisotopic (exact) mass is 270 g/mol. The Hall–Kier alpha value is -0.610. The van der Waals surface area contributed by atoms with Crippen LogP contribution >= 0.6 is 0 Å². The van der Waals surface area contributed by atoms with Gasteiger partial charge >= 0.3 is 0 Å². The molecule has 1 fully saturated rings. The maximum atomic E-state index is 12.0. The fourth-order valence-electron chi connectivity index (χ4n) is 2.38. The molecule has 1 heterocycles. The zero-order chi connectivity index (χ0) is 14.5. The smallest absolute Gasteiger partial charge is 0.223 e. The number of hydrogen-bond donors (Lipinski definition) is 2. The number of nitrogens with one attached hydrogen (secondary N) is 1. The third kappa shape index (κ3) is 6.39. The molecule has 0 aromatic rings. The average Bonchev–Trinajstić information content (AvgIpc) is 2.35. The largest absolute Gasteiger partial charge is 0.388 e. The number of amides is 1. The number of rotatable bonds is 6. The Morgan fingerprint density at radius 3 is 2.53 bits per heavy atom. The van der Waals surface area contributed by atoms with Crippen LogP contribution in [-0.4, -0.2) is 48.2 Å². The van der Waals surface area contributed by atoms with Gasteiger partial charge in [0.05, 0.1) is 5.60 Å². The van der Waals surface area contributed by atoms with Crippen molar-refractivity contribution in [2.75, 3.05) is 26.7 Å². The Balaban J connectivity index is 2.28. The van der Waals surface area contributed by atoms with E-state index in [1.807, 2.05) is 6.92 Å². The Morgan fingerprint density at radius 1 is 1.42 bits per heavy atom. The number of carbonyl (C=O) groups excluding carboxylic acids is 1.